The molecule has 2 amide bonds. The van der Waals surface area contributed by atoms with Gasteiger partial charge in [0.05, 0.1) is 12.6 Å². The van der Waals surface area contributed by atoms with E-state index in [9.17, 15) is 4.79 Å². The molecule has 0 bridgehead atoms. The molecule has 0 unspecified atom stereocenters. The summed E-state index contributed by atoms with van der Waals surface area (Å²) in [6.07, 6.45) is 7.00. The minimum atomic E-state index is -0.217. The van der Waals surface area contributed by atoms with E-state index in [0.717, 1.165) is 18.4 Å². The molecule has 2 N–H and O–H groups in total. The van der Waals surface area contributed by atoms with Crippen LogP contribution in [-0.4, -0.2) is 12.6 Å². The fraction of sp³-hybridized carbons (Fsp3) is 0.357. The maximum absolute atomic E-state index is 11.5. The number of urea groups is 1. The first kappa shape index (κ1) is 13.1. The topological polar surface area (TPSA) is 41.1 Å². The van der Waals surface area contributed by atoms with E-state index in [1.54, 1.807) is 0 Å². The Kier molecular flexibility index (Phi) is 5.67. The van der Waals surface area contributed by atoms with E-state index in [0.29, 0.717) is 0 Å². The molecule has 0 aliphatic carbocycles. The van der Waals surface area contributed by atoms with Crippen molar-refractivity contribution in [2.45, 2.75) is 25.8 Å². The van der Waals surface area contributed by atoms with Crippen LogP contribution in [0.15, 0.2) is 30.3 Å². The zero-order valence-corrected chi connectivity index (χ0v) is 10.1. The number of rotatable bonds is 5. The van der Waals surface area contributed by atoms with Crippen LogP contribution in [0.5, 0.6) is 0 Å². The molecule has 1 aromatic carbocycles. The number of amides is 2. The van der Waals surface area contributed by atoms with E-state index < -0.39 is 0 Å². The average Bonchev–Trinajstić information content (AvgIpc) is 2.37. The molecule has 17 heavy (non-hydrogen) atoms. The van der Waals surface area contributed by atoms with Crippen molar-refractivity contribution in [2.24, 2.45) is 0 Å². The van der Waals surface area contributed by atoms with Gasteiger partial charge >= 0.3 is 6.03 Å². The van der Waals surface area contributed by atoms with Crippen molar-refractivity contribution < 1.29 is 4.79 Å². The van der Waals surface area contributed by atoms with Crippen LogP contribution in [0.3, 0.4) is 0 Å². The van der Waals surface area contributed by atoms with Gasteiger partial charge in [-0.15, -0.1) is 6.42 Å². The number of benzene rings is 1. The molecule has 0 radical (unpaired) electrons. The molecule has 0 aliphatic rings. The summed E-state index contributed by atoms with van der Waals surface area (Å²) in [5.74, 6) is 2.37. The van der Waals surface area contributed by atoms with Gasteiger partial charge in [-0.25, -0.2) is 4.79 Å². The van der Waals surface area contributed by atoms with Crippen molar-refractivity contribution in [3.8, 4) is 12.3 Å². The molecule has 0 aromatic heterocycles. The minimum Gasteiger partial charge on any atom is -0.331 e. The van der Waals surface area contributed by atoms with Gasteiger partial charge < -0.3 is 10.6 Å². The lowest BCUT2D eigenvalue weighted by Gasteiger charge is -2.18. The number of nitrogens with one attached hydrogen (secondary N) is 2. The first-order chi connectivity index (χ1) is 8.27. The van der Waals surface area contributed by atoms with Crippen molar-refractivity contribution >= 4 is 6.03 Å². The second-order valence-corrected chi connectivity index (χ2v) is 3.78. The lowest BCUT2D eigenvalue weighted by molar-refractivity contribution is 0.237. The Morgan fingerprint density at radius 2 is 2.12 bits per heavy atom. The Bertz CT molecular complexity index is 381. The minimum absolute atomic E-state index is 0.0407. The molecule has 3 nitrogen and oxygen atoms in total. The fourth-order valence-electron chi connectivity index (χ4n) is 1.64. The Balaban J connectivity index is 2.61. The van der Waals surface area contributed by atoms with E-state index in [2.05, 4.69) is 23.5 Å². The highest BCUT2D eigenvalue weighted by Gasteiger charge is 2.12. The Labute approximate surface area is 103 Å². The largest absolute Gasteiger partial charge is 0.331 e. The highest BCUT2D eigenvalue weighted by Crippen LogP contribution is 2.17. The van der Waals surface area contributed by atoms with Gasteiger partial charge in [-0.2, -0.15) is 0 Å². The SMILES string of the molecule is C#CCNC(=O)N[C@@H](CCC)c1ccccc1. The van der Waals surface area contributed by atoms with Gasteiger partial charge in [0.2, 0.25) is 0 Å². The number of hydrogen-bond acceptors (Lipinski definition) is 1. The van der Waals surface area contributed by atoms with Gasteiger partial charge in [0, 0.05) is 0 Å². The Morgan fingerprint density at radius 1 is 1.41 bits per heavy atom. The lowest BCUT2D eigenvalue weighted by Crippen LogP contribution is -2.38. The Morgan fingerprint density at radius 3 is 2.71 bits per heavy atom. The van der Waals surface area contributed by atoms with Gasteiger partial charge in [0.1, 0.15) is 0 Å². The first-order valence-electron chi connectivity index (χ1n) is 5.80. The number of terminal acetylenes is 1. The fourth-order valence-corrected chi connectivity index (χ4v) is 1.64. The zero-order valence-electron chi connectivity index (χ0n) is 10.1. The standard InChI is InChI=1S/C14H18N2O/c1-3-8-13(12-9-6-5-7-10-12)16-14(17)15-11-4-2/h2,5-7,9-10,13H,3,8,11H2,1H3,(H2,15,16,17)/t13-/m0/s1. The van der Waals surface area contributed by atoms with Crippen LogP contribution in [0, 0.1) is 12.3 Å². The van der Waals surface area contributed by atoms with E-state index in [4.69, 9.17) is 6.42 Å². The van der Waals surface area contributed by atoms with Crippen LogP contribution >= 0.6 is 0 Å². The van der Waals surface area contributed by atoms with E-state index >= 15 is 0 Å². The number of carbonyl (C=O) groups is 1. The molecule has 0 fully saturated rings. The van der Waals surface area contributed by atoms with Crippen molar-refractivity contribution in [1.82, 2.24) is 10.6 Å². The van der Waals surface area contributed by atoms with Crippen LogP contribution < -0.4 is 10.6 Å². The predicted octanol–water partition coefficient (Wildman–Crippen LogP) is 2.46. The molecule has 0 saturated heterocycles. The maximum Gasteiger partial charge on any atom is 0.316 e. The highest BCUT2D eigenvalue weighted by atomic mass is 16.2. The number of carbonyl (C=O) groups excluding carboxylic acids is 1. The van der Waals surface area contributed by atoms with Crippen LogP contribution in [0.4, 0.5) is 4.79 Å². The molecule has 1 aromatic rings. The van der Waals surface area contributed by atoms with Crippen molar-refractivity contribution in [2.75, 3.05) is 6.54 Å². The van der Waals surface area contributed by atoms with E-state index in [1.165, 1.54) is 0 Å². The summed E-state index contributed by atoms with van der Waals surface area (Å²) in [5, 5.41) is 5.53. The Hall–Kier alpha value is -1.95. The normalized spacial score (nSPS) is 11.3. The molecule has 0 heterocycles. The van der Waals surface area contributed by atoms with Crippen LogP contribution in [-0.2, 0) is 0 Å². The number of hydrogen-bond donors (Lipinski definition) is 2. The first-order valence-corrected chi connectivity index (χ1v) is 5.80. The third-order valence-corrected chi connectivity index (χ3v) is 2.44. The highest BCUT2D eigenvalue weighted by molar-refractivity contribution is 5.74. The zero-order chi connectivity index (χ0) is 12.5. The summed E-state index contributed by atoms with van der Waals surface area (Å²) in [6.45, 7) is 2.34. The predicted molar refractivity (Wildman–Crippen MR) is 69.5 cm³/mol. The quantitative estimate of drug-likeness (QED) is 0.750. The third-order valence-electron chi connectivity index (χ3n) is 2.44. The smallest absolute Gasteiger partial charge is 0.316 e. The molecule has 0 aliphatic heterocycles. The molecule has 0 spiro atoms. The maximum atomic E-state index is 11.5. The van der Waals surface area contributed by atoms with Gasteiger partial charge in [-0.1, -0.05) is 49.6 Å². The van der Waals surface area contributed by atoms with Gasteiger partial charge in [-0.05, 0) is 12.0 Å². The van der Waals surface area contributed by atoms with Crippen LogP contribution in [0.25, 0.3) is 0 Å². The molecule has 1 rings (SSSR count). The monoisotopic (exact) mass is 230 g/mol. The molecular weight excluding hydrogens is 212 g/mol. The van der Waals surface area contributed by atoms with Crippen molar-refractivity contribution in [1.29, 1.82) is 0 Å². The van der Waals surface area contributed by atoms with E-state index in [-0.39, 0.29) is 18.6 Å². The average molecular weight is 230 g/mol. The van der Waals surface area contributed by atoms with Gasteiger partial charge in [0.25, 0.3) is 0 Å². The molecule has 90 valence electrons. The summed E-state index contributed by atoms with van der Waals surface area (Å²) in [5.41, 5.74) is 1.12. The summed E-state index contributed by atoms with van der Waals surface area (Å²) in [4.78, 5) is 11.5. The van der Waals surface area contributed by atoms with Gasteiger partial charge in [-0.3, -0.25) is 0 Å². The summed E-state index contributed by atoms with van der Waals surface area (Å²) >= 11 is 0. The van der Waals surface area contributed by atoms with Crippen LogP contribution in [0.1, 0.15) is 31.4 Å². The molecular formula is C14H18N2O. The molecule has 0 saturated carbocycles. The second kappa shape index (κ2) is 7.34. The lowest BCUT2D eigenvalue weighted by atomic mass is 10.0. The third kappa shape index (κ3) is 4.60. The van der Waals surface area contributed by atoms with E-state index in [1.807, 2.05) is 30.3 Å². The second-order valence-electron chi connectivity index (χ2n) is 3.78. The summed E-state index contributed by atoms with van der Waals surface area (Å²) < 4.78 is 0. The van der Waals surface area contributed by atoms with Crippen LogP contribution in [0.2, 0.25) is 0 Å². The summed E-state index contributed by atoms with van der Waals surface area (Å²) in [6, 6.07) is 9.76. The van der Waals surface area contributed by atoms with Crippen molar-refractivity contribution in [3.63, 3.8) is 0 Å². The summed E-state index contributed by atoms with van der Waals surface area (Å²) in [7, 11) is 0. The molecule has 1 atom stereocenters. The van der Waals surface area contributed by atoms with Gasteiger partial charge in [0.15, 0.2) is 0 Å². The molecule has 3 heteroatoms. The van der Waals surface area contributed by atoms with Crippen molar-refractivity contribution in [3.05, 3.63) is 35.9 Å².